The van der Waals surface area contributed by atoms with Crippen molar-refractivity contribution in [2.24, 2.45) is 0 Å². The van der Waals surface area contributed by atoms with E-state index in [1.807, 2.05) is 78.9 Å². The number of aromatic amines is 2. The van der Waals surface area contributed by atoms with Gasteiger partial charge >= 0.3 is 48.1 Å². The molecule has 8 bridgehead atoms. The average Bonchev–Trinajstić information content (AvgIpc) is 3.80. The molecule has 0 amide bonds. The molecule has 3 aromatic heterocycles. The van der Waals surface area contributed by atoms with Crippen molar-refractivity contribution in [2.75, 3.05) is 0 Å². The van der Waals surface area contributed by atoms with Crippen LogP contribution < -0.4 is 0 Å². The Morgan fingerprint density at radius 1 is 0.511 bits per heavy atom. The fourth-order valence-corrected chi connectivity index (χ4v) is 5.87. The second kappa shape index (κ2) is 11.8. The Morgan fingerprint density at radius 3 is 1.32 bits per heavy atom. The van der Waals surface area contributed by atoms with Crippen molar-refractivity contribution in [1.29, 1.82) is 0 Å². The minimum atomic E-state index is -2.06. The van der Waals surface area contributed by atoms with Crippen molar-refractivity contribution >= 4 is 92.2 Å². The van der Waals surface area contributed by atoms with Crippen molar-refractivity contribution in [1.82, 2.24) is 39.9 Å². The molecule has 3 N–H and O–H groups in total. The molecule has 0 saturated carbocycles. The van der Waals surface area contributed by atoms with Gasteiger partial charge < -0.3 is 15.1 Å². The van der Waals surface area contributed by atoms with Crippen LogP contribution in [-0.4, -0.2) is 64.2 Å². The van der Waals surface area contributed by atoms with E-state index in [2.05, 4.69) is 9.97 Å². The molecule has 0 radical (unpaired) electrons. The molecule has 0 spiro atoms. The Bertz CT molecular complexity index is 2580. The van der Waals surface area contributed by atoms with Crippen molar-refractivity contribution in [3.05, 3.63) is 96.6 Å². The molecular formula is C33H18Cl3GaN8O2. The van der Waals surface area contributed by atoms with Gasteiger partial charge in [-0.1, -0.05) is 84.9 Å². The number of carboxylic acid groups (broad SMARTS) is 1. The number of carbonyl (C=O) groups is 1. The number of carboxylic acids is 1. The number of H-pyrrole nitrogens is 2. The first-order valence-electron chi connectivity index (χ1n) is 14.2. The number of halogens is 3. The Labute approximate surface area is 282 Å². The van der Waals surface area contributed by atoms with E-state index in [4.69, 9.17) is 58.8 Å². The van der Waals surface area contributed by atoms with E-state index in [1.54, 1.807) is 12.1 Å². The minimum absolute atomic E-state index is 0.105. The van der Waals surface area contributed by atoms with Crippen molar-refractivity contribution in [3.63, 3.8) is 0 Å². The van der Waals surface area contributed by atoms with Gasteiger partial charge in [-0.3, -0.25) is 0 Å². The maximum atomic E-state index is 12.3. The Kier molecular flexibility index (Phi) is 7.42. The molecule has 0 fully saturated rings. The molecule has 5 heterocycles. The van der Waals surface area contributed by atoms with Crippen LogP contribution in [0, 0.1) is 0 Å². The first-order chi connectivity index (χ1) is 22.9. The number of benzene rings is 4. The van der Waals surface area contributed by atoms with E-state index in [0.29, 0.717) is 56.7 Å². The van der Waals surface area contributed by atoms with Gasteiger partial charge in [-0.25, -0.2) is 34.7 Å². The zero-order valence-electron chi connectivity index (χ0n) is 23.9. The summed E-state index contributed by atoms with van der Waals surface area (Å²) in [6.45, 7) is 0. The standard InChI is InChI=1S/C33H18N8O2.3ClH.Ga/c42-33(43)23-15-7-14-22-24(23)32-40-30-21-13-6-5-12-20(21)28(38-30)36-26-17-9-2-1-8-16(17)25(34-26)35-27-18-10-3-4-11-19(18)29(37-27)39-31(22)41-32;;;;/h1-15H,(H,42,43)(H2,34,35,36,37,38,39,40,41);3*1H;/q;;;;+3/p-3. The zero-order chi connectivity index (χ0) is 32.2. The van der Waals surface area contributed by atoms with Crippen molar-refractivity contribution < 1.29 is 9.90 Å². The third-order valence-electron chi connectivity index (χ3n) is 7.81. The second-order valence-electron chi connectivity index (χ2n) is 10.5. The van der Waals surface area contributed by atoms with Crippen LogP contribution in [0.1, 0.15) is 10.4 Å². The van der Waals surface area contributed by atoms with Crippen LogP contribution >= 0.6 is 28.9 Å². The van der Waals surface area contributed by atoms with Gasteiger partial charge in [0, 0.05) is 43.8 Å². The van der Waals surface area contributed by atoms with Crippen LogP contribution in [0.15, 0.2) is 91.0 Å². The summed E-state index contributed by atoms with van der Waals surface area (Å²) in [4.78, 5) is 48.5. The number of hydrogen-bond donors (Lipinski definition) is 3. The van der Waals surface area contributed by atoms with E-state index in [1.165, 1.54) is 0 Å². The van der Waals surface area contributed by atoms with Gasteiger partial charge in [-0.15, -0.1) is 0 Å². The molecular weight excluding hydrogens is 716 g/mol. The number of hydrogen-bond acceptors (Lipinski definition) is 7. The summed E-state index contributed by atoms with van der Waals surface area (Å²) >= 11 is -2.06. The Balaban J connectivity index is 0.000000769. The van der Waals surface area contributed by atoms with Crippen molar-refractivity contribution in [2.45, 2.75) is 0 Å². The van der Waals surface area contributed by atoms with Gasteiger partial charge in [-0.05, 0) is 6.07 Å². The average molecular weight is 735 g/mol. The molecule has 4 aromatic carbocycles. The van der Waals surface area contributed by atoms with E-state index in [0.717, 1.165) is 33.0 Å². The molecule has 2 aliphatic rings. The van der Waals surface area contributed by atoms with Gasteiger partial charge in [0.15, 0.2) is 23.3 Å². The number of nitrogens with one attached hydrogen (secondary N) is 2. The van der Waals surface area contributed by atoms with Gasteiger partial charge in [-0.2, -0.15) is 0 Å². The zero-order valence-corrected chi connectivity index (χ0v) is 28.6. The fraction of sp³-hybridized carbons (Fsp3) is 0. The van der Waals surface area contributed by atoms with Crippen LogP contribution in [-0.2, 0) is 0 Å². The number of rotatable bonds is 1. The van der Waals surface area contributed by atoms with Gasteiger partial charge in [0.25, 0.3) is 0 Å². The third-order valence-corrected chi connectivity index (χ3v) is 7.81. The summed E-state index contributed by atoms with van der Waals surface area (Å²) < 4.78 is 0. The molecule has 7 aromatic rings. The van der Waals surface area contributed by atoms with E-state index in [9.17, 15) is 9.90 Å². The Hall–Kier alpha value is -4.78. The molecule has 0 unspecified atom stereocenters. The predicted molar refractivity (Wildman–Crippen MR) is 186 cm³/mol. The van der Waals surface area contributed by atoms with Gasteiger partial charge in [0.05, 0.1) is 5.56 Å². The molecule has 9 rings (SSSR count). The SMILES string of the molecule is O=C(O)c1cccc2c3nc4nc(nc5[nH]c(nc6nc(nc([nH]3)c12)-c1ccccc1-6)c1ccccc51)-c1ccccc1-4.[Cl][Ga]([Cl])[Cl]. The number of nitrogens with zero attached hydrogens (tertiary/aromatic N) is 6. The topological polar surface area (TPSA) is 146 Å². The number of fused-ring (bicyclic) bond motifs is 20. The summed E-state index contributed by atoms with van der Waals surface area (Å²) in [6.07, 6.45) is 0. The summed E-state index contributed by atoms with van der Waals surface area (Å²) in [5, 5.41) is 12.9. The summed E-state index contributed by atoms with van der Waals surface area (Å²) in [6, 6.07) is 28.5. The molecule has 226 valence electrons. The molecule has 47 heavy (non-hydrogen) atoms. The fourth-order valence-electron chi connectivity index (χ4n) is 5.87. The first-order valence-corrected chi connectivity index (χ1v) is 23.8. The monoisotopic (exact) mass is 732 g/mol. The van der Waals surface area contributed by atoms with E-state index < -0.39 is 19.2 Å². The summed E-state index contributed by atoms with van der Waals surface area (Å²) in [7, 11) is 15.0. The van der Waals surface area contributed by atoms with E-state index >= 15 is 0 Å². The summed E-state index contributed by atoms with van der Waals surface area (Å²) in [5.41, 5.74) is 5.36. The first kappa shape index (κ1) is 29.6. The van der Waals surface area contributed by atoms with Crippen LogP contribution in [0.5, 0.6) is 0 Å². The third kappa shape index (κ3) is 5.22. The number of aromatic carboxylic acids is 1. The summed E-state index contributed by atoms with van der Waals surface area (Å²) in [5.74, 6) is 0.791. The number of aromatic nitrogens is 8. The molecule has 14 heteroatoms. The van der Waals surface area contributed by atoms with E-state index in [-0.39, 0.29) is 5.56 Å². The molecule has 0 aliphatic carbocycles. The van der Waals surface area contributed by atoms with Crippen molar-refractivity contribution in [3.8, 4) is 45.6 Å². The normalized spacial score (nSPS) is 11.5. The van der Waals surface area contributed by atoms with Crippen LogP contribution in [0.4, 0.5) is 0 Å². The van der Waals surface area contributed by atoms with Gasteiger partial charge in [0.1, 0.15) is 22.6 Å². The molecule has 0 saturated heterocycles. The van der Waals surface area contributed by atoms with Crippen LogP contribution in [0.25, 0.3) is 89.7 Å². The second-order valence-corrected chi connectivity index (χ2v) is 21.9. The molecule has 10 nitrogen and oxygen atoms in total. The van der Waals surface area contributed by atoms with Crippen LogP contribution in [0.3, 0.4) is 0 Å². The predicted octanol–water partition coefficient (Wildman–Crippen LogP) is 8.26. The Morgan fingerprint density at radius 2 is 0.872 bits per heavy atom. The molecule has 0 atom stereocenters. The molecule has 2 aliphatic heterocycles. The van der Waals surface area contributed by atoms with Crippen LogP contribution in [0.2, 0.25) is 0 Å². The quantitative estimate of drug-likeness (QED) is 0.143. The van der Waals surface area contributed by atoms with Gasteiger partial charge in [0.2, 0.25) is 0 Å². The maximum absolute atomic E-state index is 12.3.